The van der Waals surface area contributed by atoms with Gasteiger partial charge < -0.3 is 14.2 Å². The van der Waals surface area contributed by atoms with Crippen LogP contribution in [0.3, 0.4) is 0 Å². The lowest BCUT2D eigenvalue weighted by Crippen LogP contribution is -2.30. The van der Waals surface area contributed by atoms with E-state index in [9.17, 15) is 14.4 Å². The van der Waals surface area contributed by atoms with Gasteiger partial charge in [0.25, 0.3) is 0 Å². The molecule has 0 aromatic rings. The first-order valence-electron chi connectivity index (χ1n) is 34.3. The first-order valence-corrected chi connectivity index (χ1v) is 34.3. The minimum Gasteiger partial charge on any atom is -0.462 e. The van der Waals surface area contributed by atoms with Crippen molar-refractivity contribution >= 4 is 17.9 Å². The van der Waals surface area contributed by atoms with Crippen molar-refractivity contribution in [2.45, 2.75) is 393 Å². The monoisotopic (exact) mass is 1070 g/mol. The zero-order chi connectivity index (χ0) is 55.0. The van der Waals surface area contributed by atoms with E-state index in [0.29, 0.717) is 19.3 Å². The van der Waals surface area contributed by atoms with Crippen LogP contribution in [-0.2, 0) is 28.6 Å². The number of carbonyl (C=O) groups excluding carboxylic acids is 3. The van der Waals surface area contributed by atoms with Crippen LogP contribution in [0.4, 0.5) is 0 Å². The van der Waals surface area contributed by atoms with Crippen molar-refractivity contribution in [2.75, 3.05) is 13.2 Å². The van der Waals surface area contributed by atoms with Crippen molar-refractivity contribution in [1.29, 1.82) is 0 Å². The number of rotatable bonds is 64. The summed E-state index contributed by atoms with van der Waals surface area (Å²) in [6.07, 6.45) is 79.3. The quantitative estimate of drug-likeness (QED) is 0.0261. The Kier molecular flexibility index (Phi) is 63.6. The fourth-order valence-corrected chi connectivity index (χ4v) is 10.5. The number of ether oxygens (including phenoxy) is 3. The molecule has 0 radical (unpaired) electrons. The normalized spacial score (nSPS) is 12.1. The Bertz CT molecular complexity index is 1230. The lowest BCUT2D eigenvalue weighted by atomic mass is 10.0. The standard InChI is InChI=1S/C70H132O6/c1-4-7-10-13-16-19-21-23-25-27-29-31-33-35-37-38-40-42-44-46-48-51-54-57-60-63-69(72)75-66-67(65-74-68(71)62-59-56-53-50-18-15-12-9-6-3)76-70(73)64-61-58-55-52-49-47-45-43-41-39-36-34-32-30-28-26-24-22-20-17-14-11-8-5-2/h21,23,27,29,67H,4-20,22,24-26,28,30-66H2,1-3H3/b23-21-,29-27-. The highest BCUT2D eigenvalue weighted by Gasteiger charge is 2.19. The summed E-state index contributed by atoms with van der Waals surface area (Å²) in [5.41, 5.74) is 0. The number of hydrogen-bond acceptors (Lipinski definition) is 6. The molecule has 0 heterocycles. The van der Waals surface area contributed by atoms with Crippen LogP contribution in [0, 0.1) is 0 Å². The topological polar surface area (TPSA) is 78.9 Å². The van der Waals surface area contributed by atoms with Gasteiger partial charge in [-0.15, -0.1) is 0 Å². The van der Waals surface area contributed by atoms with Gasteiger partial charge >= 0.3 is 17.9 Å². The minimum atomic E-state index is -0.766. The summed E-state index contributed by atoms with van der Waals surface area (Å²) in [5, 5.41) is 0. The van der Waals surface area contributed by atoms with E-state index in [-0.39, 0.29) is 31.1 Å². The Morgan fingerprint density at radius 3 is 0.724 bits per heavy atom. The molecule has 0 saturated heterocycles. The van der Waals surface area contributed by atoms with Crippen molar-refractivity contribution < 1.29 is 28.6 Å². The summed E-state index contributed by atoms with van der Waals surface area (Å²) < 4.78 is 16.9. The fourth-order valence-electron chi connectivity index (χ4n) is 10.5. The van der Waals surface area contributed by atoms with E-state index in [2.05, 4.69) is 45.1 Å². The van der Waals surface area contributed by atoms with Crippen molar-refractivity contribution in [3.05, 3.63) is 24.3 Å². The molecule has 0 amide bonds. The predicted octanol–water partition coefficient (Wildman–Crippen LogP) is 23.4. The molecule has 6 nitrogen and oxygen atoms in total. The molecule has 0 saturated carbocycles. The van der Waals surface area contributed by atoms with E-state index in [1.165, 1.54) is 283 Å². The largest absolute Gasteiger partial charge is 0.462 e. The minimum absolute atomic E-state index is 0.0651. The van der Waals surface area contributed by atoms with E-state index in [0.717, 1.165) is 64.2 Å². The molecule has 0 aliphatic carbocycles. The van der Waals surface area contributed by atoms with Crippen LogP contribution in [0.5, 0.6) is 0 Å². The van der Waals surface area contributed by atoms with Gasteiger partial charge in [0, 0.05) is 19.3 Å². The zero-order valence-electron chi connectivity index (χ0n) is 51.6. The maximum atomic E-state index is 12.9. The fraction of sp³-hybridized carbons (Fsp3) is 0.900. The van der Waals surface area contributed by atoms with Crippen molar-refractivity contribution in [1.82, 2.24) is 0 Å². The van der Waals surface area contributed by atoms with Crippen LogP contribution in [0.2, 0.25) is 0 Å². The lowest BCUT2D eigenvalue weighted by molar-refractivity contribution is -0.167. The smallest absolute Gasteiger partial charge is 0.306 e. The van der Waals surface area contributed by atoms with Gasteiger partial charge in [0.1, 0.15) is 13.2 Å². The highest BCUT2D eigenvalue weighted by atomic mass is 16.6. The lowest BCUT2D eigenvalue weighted by Gasteiger charge is -2.18. The first kappa shape index (κ1) is 73.9. The molecular weight excluding hydrogens is 937 g/mol. The molecule has 0 N–H and O–H groups in total. The second-order valence-corrected chi connectivity index (χ2v) is 23.5. The SMILES string of the molecule is CCCCCCC/C=C\C/C=C\CCCCCCCCCCCCCCCC(=O)OCC(COC(=O)CCCCCCCCCCC)OC(=O)CCCCCCCCCCCCCCCCCCCCCCCCCC. The number of unbranched alkanes of at least 4 members (excludes halogenated alkanes) is 49. The average molecular weight is 1070 g/mol. The molecule has 1 atom stereocenters. The van der Waals surface area contributed by atoms with Crippen LogP contribution >= 0.6 is 0 Å². The van der Waals surface area contributed by atoms with Crippen molar-refractivity contribution in [2.24, 2.45) is 0 Å². The van der Waals surface area contributed by atoms with Crippen LogP contribution in [0.15, 0.2) is 24.3 Å². The Morgan fingerprint density at radius 2 is 0.474 bits per heavy atom. The van der Waals surface area contributed by atoms with Gasteiger partial charge in [-0.05, 0) is 51.4 Å². The molecule has 76 heavy (non-hydrogen) atoms. The molecule has 0 aliphatic heterocycles. The summed E-state index contributed by atoms with van der Waals surface area (Å²) in [7, 11) is 0. The van der Waals surface area contributed by atoms with Crippen LogP contribution < -0.4 is 0 Å². The molecule has 0 fully saturated rings. The maximum Gasteiger partial charge on any atom is 0.306 e. The Labute approximate surface area is 474 Å². The van der Waals surface area contributed by atoms with Gasteiger partial charge in [0.2, 0.25) is 0 Å². The highest BCUT2D eigenvalue weighted by molar-refractivity contribution is 5.71. The second-order valence-electron chi connectivity index (χ2n) is 23.5. The Balaban J connectivity index is 4.12. The summed E-state index contributed by atoms with van der Waals surface area (Å²) in [5.74, 6) is -0.839. The molecular formula is C70H132O6. The highest BCUT2D eigenvalue weighted by Crippen LogP contribution is 2.19. The van der Waals surface area contributed by atoms with Gasteiger partial charge in [-0.3, -0.25) is 14.4 Å². The van der Waals surface area contributed by atoms with Gasteiger partial charge in [-0.2, -0.15) is 0 Å². The number of esters is 3. The molecule has 0 aromatic carbocycles. The van der Waals surface area contributed by atoms with Crippen molar-refractivity contribution in [3.8, 4) is 0 Å². The number of hydrogen-bond donors (Lipinski definition) is 0. The average Bonchev–Trinajstić information content (AvgIpc) is 3.42. The molecule has 448 valence electrons. The van der Waals surface area contributed by atoms with Gasteiger partial charge in [0.05, 0.1) is 0 Å². The predicted molar refractivity (Wildman–Crippen MR) is 330 cm³/mol. The van der Waals surface area contributed by atoms with E-state index in [1.807, 2.05) is 0 Å². The second kappa shape index (κ2) is 65.4. The van der Waals surface area contributed by atoms with E-state index < -0.39 is 6.10 Å². The zero-order valence-corrected chi connectivity index (χ0v) is 51.6. The summed E-state index contributed by atoms with van der Waals surface area (Å²) in [4.78, 5) is 38.3. The summed E-state index contributed by atoms with van der Waals surface area (Å²) in [6, 6.07) is 0. The maximum absolute atomic E-state index is 12.9. The number of carbonyl (C=O) groups is 3. The van der Waals surface area contributed by atoms with E-state index >= 15 is 0 Å². The molecule has 0 aromatic heterocycles. The van der Waals surface area contributed by atoms with Gasteiger partial charge in [0.15, 0.2) is 6.10 Å². The summed E-state index contributed by atoms with van der Waals surface area (Å²) >= 11 is 0. The first-order chi connectivity index (χ1) is 37.5. The molecule has 0 rings (SSSR count). The van der Waals surface area contributed by atoms with Gasteiger partial charge in [-0.1, -0.05) is 340 Å². The third-order valence-corrected chi connectivity index (χ3v) is 15.7. The van der Waals surface area contributed by atoms with Gasteiger partial charge in [-0.25, -0.2) is 0 Å². The van der Waals surface area contributed by atoms with Crippen molar-refractivity contribution in [3.63, 3.8) is 0 Å². The molecule has 0 bridgehead atoms. The molecule has 6 heteroatoms. The Morgan fingerprint density at radius 1 is 0.263 bits per heavy atom. The third kappa shape index (κ3) is 62.7. The van der Waals surface area contributed by atoms with Crippen LogP contribution in [0.1, 0.15) is 387 Å². The van der Waals surface area contributed by atoms with Crippen LogP contribution in [0.25, 0.3) is 0 Å². The molecule has 1 unspecified atom stereocenters. The molecule has 0 spiro atoms. The summed E-state index contributed by atoms with van der Waals surface area (Å²) in [6.45, 7) is 6.68. The molecule has 0 aliphatic rings. The van der Waals surface area contributed by atoms with E-state index in [1.54, 1.807) is 0 Å². The Hall–Kier alpha value is -2.11. The van der Waals surface area contributed by atoms with Crippen LogP contribution in [-0.4, -0.2) is 37.2 Å². The van der Waals surface area contributed by atoms with E-state index in [4.69, 9.17) is 14.2 Å². The third-order valence-electron chi connectivity index (χ3n) is 15.7. The number of allylic oxidation sites excluding steroid dienone is 4.